The molecule has 0 aliphatic carbocycles. The zero-order valence-electron chi connectivity index (χ0n) is 6.16. The zero-order valence-corrected chi connectivity index (χ0v) is 6.16. The molecule has 1 rings (SSSR count). The van der Waals surface area contributed by atoms with Crippen molar-refractivity contribution in [2.45, 2.75) is 0 Å². The van der Waals surface area contributed by atoms with Gasteiger partial charge in [-0.05, 0) is 12.1 Å². The van der Waals surface area contributed by atoms with Crippen molar-refractivity contribution in [2.24, 2.45) is 0 Å². The van der Waals surface area contributed by atoms with Gasteiger partial charge in [-0.25, -0.2) is 9.18 Å². The van der Waals surface area contributed by atoms with E-state index in [1.165, 1.54) is 12.1 Å². The number of halogens is 1. The molecule has 0 saturated heterocycles. The summed E-state index contributed by atoms with van der Waals surface area (Å²) in [7, 11) is 0. The monoisotopic (exact) mass is 178 g/mol. The number of carboxylic acids is 1. The van der Waals surface area contributed by atoms with Crippen LogP contribution in [0.25, 0.3) is 0 Å². The van der Waals surface area contributed by atoms with E-state index in [9.17, 15) is 9.18 Å². The molecule has 66 valence electrons. The van der Waals surface area contributed by atoms with Gasteiger partial charge in [-0.15, -0.1) is 0 Å². The van der Waals surface area contributed by atoms with Gasteiger partial charge in [-0.2, -0.15) is 0 Å². The van der Waals surface area contributed by atoms with Crippen LogP contribution in [0, 0.1) is 0 Å². The number of carboxylic acid groups (broad SMARTS) is 1. The average Bonchev–Trinajstić information content (AvgIpc) is 2.05. The van der Waals surface area contributed by atoms with Crippen LogP contribution in [0.3, 0.4) is 0 Å². The first kappa shape index (κ1) is 12.0. The SMILES string of the molecule is O=C(O)c1ccccc1OCF.[LiH]. The average molecular weight is 178 g/mol. The van der Waals surface area contributed by atoms with Gasteiger partial charge in [0.25, 0.3) is 0 Å². The molecule has 0 saturated carbocycles. The third kappa shape index (κ3) is 3.09. The molecule has 5 heteroatoms. The number of hydrogen-bond acceptors (Lipinski definition) is 2. The number of ether oxygens (including phenoxy) is 1. The third-order valence-corrected chi connectivity index (χ3v) is 1.33. The Hall–Kier alpha value is -0.983. The summed E-state index contributed by atoms with van der Waals surface area (Å²) in [5.41, 5.74) is -0.0323. The molecule has 0 atom stereocenters. The van der Waals surface area contributed by atoms with Crippen molar-refractivity contribution < 1.29 is 19.0 Å². The Morgan fingerprint density at radius 3 is 2.62 bits per heavy atom. The van der Waals surface area contributed by atoms with Crippen molar-refractivity contribution in [3.05, 3.63) is 29.8 Å². The first-order valence-corrected chi connectivity index (χ1v) is 3.27. The van der Waals surface area contributed by atoms with E-state index in [1.54, 1.807) is 12.1 Å². The molecule has 3 nitrogen and oxygen atoms in total. The molecule has 1 N–H and O–H groups in total. The normalized spacial score (nSPS) is 8.69. The molecule has 1 aromatic rings. The van der Waals surface area contributed by atoms with E-state index < -0.39 is 12.8 Å². The molecule has 0 heterocycles. The maximum absolute atomic E-state index is 11.7. The van der Waals surface area contributed by atoms with Crippen molar-refractivity contribution in [1.82, 2.24) is 0 Å². The van der Waals surface area contributed by atoms with Crippen molar-refractivity contribution in [3.63, 3.8) is 0 Å². The predicted molar refractivity (Wildman–Crippen MR) is 47.2 cm³/mol. The van der Waals surface area contributed by atoms with Crippen LogP contribution in [-0.2, 0) is 0 Å². The number of benzene rings is 1. The fourth-order valence-corrected chi connectivity index (χ4v) is 0.828. The summed E-state index contributed by atoms with van der Waals surface area (Å²) >= 11 is 0. The van der Waals surface area contributed by atoms with Gasteiger partial charge in [0.2, 0.25) is 6.86 Å². The molecular weight excluding hydrogens is 170 g/mol. The van der Waals surface area contributed by atoms with Crippen LogP contribution in [0.2, 0.25) is 0 Å². The summed E-state index contributed by atoms with van der Waals surface area (Å²) in [6, 6.07) is 5.89. The van der Waals surface area contributed by atoms with Crippen molar-refractivity contribution in [1.29, 1.82) is 0 Å². The van der Waals surface area contributed by atoms with Crippen LogP contribution in [-0.4, -0.2) is 36.8 Å². The summed E-state index contributed by atoms with van der Waals surface area (Å²) in [5.74, 6) is -1.08. The minimum atomic E-state index is -1.13. The van der Waals surface area contributed by atoms with Gasteiger partial charge in [-0.3, -0.25) is 0 Å². The number of para-hydroxylation sites is 1. The van der Waals surface area contributed by atoms with E-state index in [-0.39, 0.29) is 30.2 Å². The van der Waals surface area contributed by atoms with Crippen molar-refractivity contribution in [2.75, 3.05) is 6.86 Å². The van der Waals surface area contributed by atoms with Gasteiger partial charge in [0.05, 0.1) is 0 Å². The molecule has 0 aliphatic rings. The fourth-order valence-electron chi connectivity index (χ4n) is 0.828. The molecule has 0 bridgehead atoms. The number of carbonyl (C=O) groups is 1. The Morgan fingerprint density at radius 2 is 2.08 bits per heavy atom. The van der Waals surface area contributed by atoms with Gasteiger partial charge in [-0.1, -0.05) is 12.1 Å². The van der Waals surface area contributed by atoms with E-state index in [4.69, 9.17) is 5.11 Å². The summed E-state index contributed by atoms with van der Waals surface area (Å²) in [6.45, 7) is -1.02. The van der Waals surface area contributed by atoms with Crippen LogP contribution >= 0.6 is 0 Å². The second kappa shape index (κ2) is 5.63. The number of rotatable bonds is 3. The summed E-state index contributed by atoms with van der Waals surface area (Å²) in [5, 5.41) is 8.59. The zero-order chi connectivity index (χ0) is 8.97. The van der Waals surface area contributed by atoms with Crippen LogP contribution in [0.1, 0.15) is 10.4 Å². The Kier molecular flexibility index (Phi) is 5.20. The van der Waals surface area contributed by atoms with Gasteiger partial charge in [0, 0.05) is 0 Å². The van der Waals surface area contributed by atoms with Gasteiger partial charge >= 0.3 is 24.8 Å². The first-order chi connectivity index (χ1) is 5.75. The quantitative estimate of drug-likeness (QED) is 0.703. The number of alkyl halides is 1. The molecular formula is C8H8FLiO3. The predicted octanol–water partition coefficient (Wildman–Crippen LogP) is 1.04. The second-order valence-electron chi connectivity index (χ2n) is 2.05. The van der Waals surface area contributed by atoms with Crippen molar-refractivity contribution >= 4 is 24.8 Å². The van der Waals surface area contributed by atoms with Gasteiger partial charge < -0.3 is 9.84 Å². The van der Waals surface area contributed by atoms with Crippen LogP contribution < -0.4 is 4.74 Å². The van der Waals surface area contributed by atoms with E-state index in [0.717, 1.165) is 0 Å². The van der Waals surface area contributed by atoms with E-state index in [2.05, 4.69) is 4.74 Å². The molecule has 0 radical (unpaired) electrons. The summed E-state index contributed by atoms with van der Waals surface area (Å²) in [6.07, 6.45) is 0. The minimum absolute atomic E-state index is 0. The topological polar surface area (TPSA) is 46.5 Å². The standard InChI is InChI=1S/C8H7FO3.Li.H/c9-5-12-7-4-2-1-3-6(7)8(10)11;;/h1-4H,5H2,(H,10,11);;. The van der Waals surface area contributed by atoms with Crippen molar-refractivity contribution in [3.8, 4) is 5.75 Å². The maximum atomic E-state index is 11.7. The van der Waals surface area contributed by atoms with Crippen LogP contribution in [0.5, 0.6) is 5.75 Å². The Morgan fingerprint density at radius 1 is 1.46 bits per heavy atom. The Labute approximate surface area is 86.7 Å². The van der Waals surface area contributed by atoms with Gasteiger partial charge in [0.1, 0.15) is 11.3 Å². The number of hydrogen-bond donors (Lipinski definition) is 1. The van der Waals surface area contributed by atoms with E-state index in [1.807, 2.05) is 0 Å². The Bertz CT molecular complexity index is 290. The molecule has 0 spiro atoms. The molecule has 0 fully saturated rings. The van der Waals surface area contributed by atoms with E-state index in [0.29, 0.717) is 0 Å². The second-order valence-corrected chi connectivity index (χ2v) is 2.05. The molecule has 13 heavy (non-hydrogen) atoms. The Balaban J connectivity index is 0.00000144. The molecule has 1 aromatic carbocycles. The third-order valence-electron chi connectivity index (χ3n) is 1.33. The van der Waals surface area contributed by atoms with Crippen LogP contribution in [0.15, 0.2) is 24.3 Å². The summed E-state index contributed by atoms with van der Waals surface area (Å²) < 4.78 is 16.2. The molecule has 0 amide bonds. The molecule has 0 aromatic heterocycles. The van der Waals surface area contributed by atoms with Crippen LogP contribution in [0.4, 0.5) is 4.39 Å². The fraction of sp³-hybridized carbons (Fsp3) is 0.125. The van der Waals surface area contributed by atoms with E-state index >= 15 is 0 Å². The van der Waals surface area contributed by atoms with Gasteiger partial charge in [0.15, 0.2) is 0 Å². The summed E-state index contributed by atoms with van der Waals surface area (Å²) in [4.78, 5) is 10.5. The number of aromatic carboxylic acids is 1. The first-order valence-electron chi connectivity index (χ1n) is 3.27. The molecule has 0 aliphatic heterocycles. The molecule has 0 unspecified atom stereocenters.